The maximum Gasteiger partial charge on any atom is 0.289 e. The van der Waals surface area contributed by atoms with Crippen molar-refractivity contribution in [2.24, 2.45) is 0 Å². The van der Waals surface area contributed by atoms with Gasteiger partial charge in [-0.3, -0.25) is 19.7 Å². The minimum absolute atomic E-state index is 0.0254. The largest absolute Gasteiger partial charge is 0.320 e. The molecule has 23 heavy (non-hydrogen) atoms. The summed E-state index contributed by atoms with van der Waals surface area (Å²) in [4.78, 5) is 33.9. The quantitative estimate of drug-likeness (QED) is 0.666. The summed E-state index contributed by atoms with van der Waals surface area (Å²) in [5.74, 6) is -0.577. The Balaban J connectivity index is 2.26. The Morgan fingerprint density at radius 1 is 1.39 bits per heavy atom. The Labute approximate surface area is 135 Å². The predicted molar refractivity (Wildman–Crippen MR) is 84.8 cm³/mol. The molecule has 0 saturated carbocycles. The van der Waals surface area contributed by atoms with Crippen LogP contribution in [0, 0.1) is 10.1 Å². The molecule has 1 amide bonds. The van der Waals surface area contributed by atoms with E-state index in [0.717, 1.165) is 6.07 Å². The second kappa shape index (κ2) is 7.01. The van der Waals surface area contributed by atoms with Crippen molar-refractivity contribution >= 4 is 28.9 Å². The Morgan fingerprint density at radius 2 is 2.13 bits per heavy atom. The molecule has 0 radical (unpaired) electrons. The molecule has 1 N–H and O–H groups in total. The topological polar surface area (TPSA) is 107 Å². The van der Waals surface area contributed by atoms with Crippen LogP contribution in [0.3, 0.4) is 0 Å². The van der Waals surface area contributed by atoms with Crippen molar-refractivity contribution in [1.29, 1.82) is 0 Å². The molecule has 0 atom stereocenters. The first-order valence-electron chi connectivity index (χ1n) is 6.76. The highest BCUT2D eigenvalue weighted by Gasteiger charge is 2.15. The first-order valence-corrected chi connectivity index (χ1v) is 7.13. The predicted octanol–water partition coefficient (Wildman–Crippen LogP) is 2.47. The van der Waals surface area contributed by atoms with Gasteiger partial charge in [0.1, 0.15) is 10.7 Å². The molecule has 120 valence electrons. The summed E-state index contributed by atoms with van der Waals surface area (Å²) in [7, 11) is 0. The van der Waals surface area contributed by atoms with E-state index in [1.165, 1.54) is 28.9 Å². The number of rotatable bonds is 5. The van der Waals surface area contributed by atoms with E-state index in [2.05, 4.69) is 10.4 Å². The van der Waals surface area contributed by atoms with Crippen molar-refractivity contribution in [1.82, 2.24) is 9.78 Å². The summed E-state index contributed by atoms with van der Waals surface area (Å²) < 4.78 is 1.19. The fourth-order valence-electron chi connectivity index (χ4n) is 1.87. The maximum absolute atomic E-state index is 12.2. The summed E-state index contributed by atoms with van der Waals surface area (Å²) in [6.45, 7) is 2.28. The van der Waals surface area contributed by atoms with Gasteiger partial charge >= 0.3 is 0 Å². The van der Waals surface area contributed by atoms with Gasteiger partial charge in [0.25, 0.3) is 17.2 Å². The number of nitro benzene ring substituents is 1. The fraction of sp³-hybridized carbons (Fsp3) is 0.214. The summed E-state index contributed by atoms with van der Waals surface area (Å²) in [5, 5.41) is 17.3. The highest BCUT2D eigenvalue weighted by Crippen LogP contribution is 2.27. The molecule has 0 aliphatic rings. The molecular formula is C14H13ClN4O4. The molecule has 2 aromatic rings. The zero-order valence-corrected chi connectivity index (χ0v) is 12.9. The van der Waals surface area contributed by atoms with E-state index in [-0.39, 0.29) is 27.7 Å². The zero-order valence-electron chi connectivity index (χ0n) is 12.2. The standard InChI is InChI=1S/C14H13ClN4O4/c1-2-7-18-13(20)6-5-11(17-18)14(21)16-9-3-4-10(15)12(8-9)19(22)23/h3-6,8H,2,7H2,1H3,(H,16,21). The number of halogens is 1. The van der Waals surface area contributed by atoms with Gasteiger partial charge in [-0.2, -0.15) is 5.10 Å². The number of aromatic nitrogens is 2. The molecule has 0 aliphatic heterocycles. The Hall–Kier alpha value is -2.74. The summed E-state index contributed by atoms with van der Waals surface area (Å²) >= 11 is 5.71. The average molecular weight is 337 g/mol. The molecule has 1 aromatic heterocycles. The second-order valence-electron chi connectivity index (χ2n) is 4.66. The summed E-state index contributed by atoms with van der Waals surface area (Å²) in [6, 6.07) is 6.47. The Morgan fingerprint density at radius 3 is 2.78 bits per heavy atom. The molecule has 0 aliphatic carbocycles. The third kappa shape index (κ3) is 3.92. The van der Waals surface area contributed by atoms with E-state index >= 15 is 0 Å². The monoisotopic (exact) mass is 336 g/mol. The van der Waals surface area contributed by atoms with Gasteiger partial charge in [0.05, 0.1) is 4.92 Å². The van der Waals surface area contributed by atoms with Gasteiger partial charge in [0.2, 0.25) is 0 Å². The van der Waals surface area contributed by atoms with Gasteiger partial charge in [-0.25, -0.2) is 4.68 Å². The van der Waals surface area contributed by atoms with Gasteiger partial charge in [-0.05, 0) is 24.6 Å². The molecule has 0 bridgehead atoms. The number of carbonyl (C=O) groups excluding carboxylic acids is 1. The van der Waals surface area contributed by atoms with Gasteiger partial charge in [0.15, 0.2) is 0 Å². The molecule has 1 heterocycles. The molecule has 0 unspecified atom stereocenters. The normalized spacial score (nSPS) is 10.3. The van der Waals surface area contributed by atoms with Crippen LogP contribution in [0.2, 0.25) is 5.02 Å². The van der Waals surface area contributed by atoms with Crippen molar-refractivity contribution < 1.29 is 9.72 Å². The van der Waals surface area contributed by atoms with Crippen molar-refractivity contribution in [3.05, 3.63) is 61.5 Å². The number of nitrogens with one attached hydrogen (secondary N) is 1. The van der Waals surface area contributed by atoms with Crippen molar-refractivity contribution in [3.63, 3.8) is 0 Å². The van der Waals surface area contributed by atoms with Crippen molar-refractivity contribution in [3.8, 4) is 0 Å². The van der Waals surface area contributed by atoms with Gasteiger partial charge in [-0.15, -0.1) is 0 Å². The van der Waals surface area contributed by atoms with Gasteiger partial charge < -0.3 is 5.32 Å². The van der Waals surface area contributed by atoms with E-state index in [1.807, 2.05) is 6.92 Å². The lowest BCUT2D eigenvalue weighted by Gasteiger charge is -2.07. The van der Waals surface area contributed by atoms with E-state index in [0.29, 0.717) is 13.0 Å². The Bertz CT molecular complexity index is 819. The molecule has 0 fully saturated rings. The number of benzene rings is 1. The van der Waals surface area contributed by atoms with Crippen LogP contribution in [-0.4, -0.2) is 20.6 Å². The van der Waals surface area contributed by atoms with E-state index < -0.39 is 10.8 Å². The first kappa shape index (κ1) is 16.6. The Kier molecular flexibility index (Phi) is 5.07. The average Bonchev–Trinajstić information content (AvgIpc) is 2.51. The van der Waals surface area contributed by atoms with Crippen LogP contribution in [0.5, 0.6) is 0 Å². The molecular weight excluding hydrogens is 324 g/mol. The van der Waals surface area contributed by atoms with E-state index in [4.69, 9.17) is 11.6 Å². The lowest BCUT2D eigenvalue weighted by atomic mass is 10.2. The van der Waals surface area contributed by atoms with Gasteiger partial charge in [-0.1, -0.05) is 18.5 Å². The second-order valence-corrected chi connectivity index (χ2v) is 5.06. The number of hydrogen-bond donors (Lipinski definition) is 1. The SMILES string of the molecule is CCCn1nc(C(=O)Nc2ccc(Cl)c([N+](=O)[O-])c2)ccc1=O. The lowest BCUT2D eigenvalue weighted by molar-refractivity contribution is -0.384. The van der Waals surface area contributed by atoms with Crippen LogP contribution in [0.1, 0.15) is 23.8 Å². The highest BCUT2D eigenvalue weighted by molar-refractivity contribution is 6.32. The summed E-state index contributed by atoms with van der Waals surface area (Å²) in [6.07, 6.45) is 0.696. The zero-order chi connectivity index (χ0) is 17.0. The maximum atomic E-state index is 12.2. The van der Waals surface area contributed by atoms with E-state index in [1.54, 1.807) is 0 Å². The van der Waals surface area contributed by atoms with E-state index in [9.17, 15) is 19.7 Å². The third-order valence-corrected chi connectivity index (χ3v) is 3.25. The molecule has 2 rings (SSSR count). The van der Waals surface area contributed by atoms with Crippen LogP contribution < -0.4 is 10.9 Å². The number of anilines is 1. The van der Waals surface area contributed by atoms with Crippen LogP contribution >= 0.6 is 11.6 Å². The number of hydrogen-bond acceptors (Lipinski definition) is 5. The molecule has 0 spiro atoms. The van der Waals surface area contributed by atoms with Gasteiger partial charge in [0, 0.05) is 24.4 Å². The van der Waals surface area contributed by atoms with Crippen LogP contribution in [0.4, 0.5) is 11.4 Å². The number of nitrogens with zero attached hydrogens (tertiary/aromatic N) is 3. The summed E-state index contributed by atoms with van der Waals surface area (Å²) in [5.41, 5.74) is -0.365. The number of carbonyl (C=O) groups is 1. The third-order valence-electron chi connectivity index (χ3n) is 2.94. The number of aryl methyl sites for hydroxylation is 1. The molecule has 1 aromatic carbocycles. The first-order chi connectivity index (χ1) is 10.9. The molecule has 0 saturated heterocycles. The minimum Gasteiger partial charge on any atom is -0.320 e. The highest BCUT2D eigenvalue weighted by atomic mass is 35.5. The van der Waals surface area contributed by atoms with Crippen molar-refractivity contribution in [2.75, 3.05) is 5.32 Å². The van der Waals surface area contributed by atoms with Crippen LogP contribution in [0.25, 0.3) is 0 Å². The minimum atomic E-state index is -0.641. The number of nitro groups is 1. The van der Waals surface area contributed by atoms with Crippen molar-refractivity contribution in [2.45, 2.75) is 19.9 Å². The van der Waals surface area contributed by atoms with Crippen LogP contribution in [0.15, 0.2) is 35.1 Å². The fourth-order valence-corrected chi connectivity index (χ4v) is 2.05. The molecule has 9 heteroatoms. The van der Waals surface area contributed by atoms with Crippen LogP contribution in [-0.2, 0) is 6.54 Å². The smallest absolute Gasteiger partial charge is 0.289 e. The molecule has 8 nitrogen and oxygen atoms in total. The lowest BCUT2D eigenvalue weighted by Crippen LogP contribution is -2.26. The number of amides is 1.